The Kier molecular flexibility index (Phi) is 22.1. The Morgan fingerprint density at radius 2 is 1.84 bits per heavy atom. The molecule has 0 amide bonds. The molecule has 1 rings (SSSR count). The molecule has 0 spiro atoms. The molecular formula is C25H43O2P5. The van der Waals surface area contributed by atoms with Gasteiger partial charge in [-0.15, -0.1) is 11.8 Å². The van der Waals surface area contributed by atoms with Gasteiger partial charge in [0.2, 0.25) is 0 Å². The second-order valence-electron chi connectivity index (χ2n) is 7.03. The molecule has 180 valence electrons. The molecular weight excluding hydrogens is 487 g/mol. The number of allylic oxidation sites excluding steroid dienone is 2. The van der Waals surface area contributed by atoms with Crippen molar-refractivity contribution in [3.05, 3.63) is 53.6 Å². The summed E-state index contributed by atoms with van der Waals surface area (Å²) in [6.45, 7) is 10.5. The molecule has 0 aliphatic carbocycles. The maximum Gasteiger partial charge on any atom is 0.0991 e. The first-order valence-electron chi connectivity index (χ1n) is 11.5. The lowest BCUT2D eigenvalue weighted by atomic mass is 9.96. The van der Waals surface area contributed by atoms with Crippen LogP contribution in [0, 0.1) is 17.8 Å². The van der Waals surface area contributed by atoms with E-state index < -0.39 is 7.53 Å². The third kappa shape index (κ3) is 14.6. The number of unbranched alkanes of at least 4 members (excludes halogenated alkanes) is 1. The summed E-state index contributed by atoms with van der Waals surface area (Å²) in [5.41, 5.74) is 2.35. The summed E-state index contributed by atoms with van der Waals surface area (Å²) in [5, 5.41) is 0. The summed E-state index contributed by atoms with van der Waals surface area (Å²) in [5.74, 6) is 6.85. The van der Waals surface area contributed by atoms with Crippen molar-refractivity contribution in [1.82, 2.24) is 0 Å². The highest BCUT2D eigenvalue weighted by molar-refractivity contribution is 8.41. The normalized spacial score (nSPS) is 14.4. The number of rotatable bonds is 13. The van der Waals surface area contributed by atoms with E-state index in [0.717, 1.165) is 19.3 Å². The smallest absolute Gasteiger partial charge is 0.0991 e. The molecule has 7 atom stereocenters. The van der Waals surface area contributed by atoms with Crippen LogP contribution in [0.25, 0.3) is 6.08 Å². The van der Waals surface area contributed by atoms with Gasteiger partial charge in [-0.05, 0) is 29.9 Å². The SMILES string of the molecule is CC.CCC#CCC(OP(P)P)c1ccccc1/C=C/C(OPP)C(C)C/C=C\CCC. The molecule has 0 aliphatic heterocycles. The van der Waals surface area contributed by atoms with Gasteiger partial charge in [-0.3, -0.25) is 0 Å². The molecule has 0 radical (unpaired) electrons. The molecule has 0 aromatic heterocycles. The Morgan fingerprint density at radius 3 is 2.47 bits per heavy atom. The topological polar surface area (TPSA) is 18.5 Å². The second kappa shape index (κ2) is 21.8. The standard InChI is InChI=1S/C23H37O2P5.C2H6/c1-4-6-8-10-13-19(3)22(24-29-26)18-17-20-14-11-12-15-21(20)23(25-30(27)28)16-9-7-5-2;1-2/h8,10-12,14-15,17-19,22-23,29H,4-6,13,16,26-28H2,1-3H3;1-2H3/b10-8-,18-17+;. The summed E-state index contributed by atoms with van der Waals surface area (Å²) < 4.78 is 12.3. The van der Waals surface area contributed by atoms with Crippen molar-refractivity contribution in [3.8, 4) is 11.8 Å². The zero-order valence-corrected chi connectivity index (χ0v) is 25.7. The van der Waals surface area contributed by atoms with Crippen LogP contribution in [0.1, 0.15) is 84.0 Å². The first-order valence-corrected chi connectivity index (χ1v) is 18.7. The number of benzene rings is 1. The van der Waals surface area contributed by atoms with Gasteiger partial charge in [-0.1, -0.05) is 116 Å². The van der Waals surface area contributed by atoms with Crippen molar-refractivity contribution in [2.75, 3.05) is 0 Å². The fraction of sp³-hybridized carbons (Fsp3) is 0.520. The Labute approximate surface area is 207 Å². The van der Waals surface area contributed by atoms with E-state index in [9.17, 15) is 0 Å². The maximum atomic E-state index is 6.21. The number of hydrogen-bond acceptors (Lipinski definition) is 2. The Bertz CT molecular complexity index is 710. The molecule has 0 saturated heterocycles. The van der Waals surface area contributed by atoms with Gasteiger partial charge in [-0.2, -0.15) is 0 Å². The van der Waals surface area contributed by atoms with Gasteiger partial charge in [-0.25, -0.2) is 0 Å². The van der Waals surface area contributed by atoms with Crippen LogP contribution >= 0.6 is 42.8 Å². The molecule has 0 saturated carbocycles. The largest absolute Gasteiger partial charge is 0.351 e. The van der Waals surface area contributed by atoms with Gasteiger partial charge in [0, 0.05) is 21.3 Å². The van der Waals surface area contributed by atoms with Crippen LogP contribution in [0.15, 0.2) is 42.5 Å². The molecule has 2 nitrogen and oxygen atoms in total. The first kappa shape index (κ1) is 32.3. The average Bonchev–Trinajstić information content (AvgIpc) is 2.80. The predicted molar refractivity (Wildman–Crippen MR) is 160 cm³/mol. The van der Waals surface area contributed by atoms with E-state index in [1.165, 1.54) is 17.5 Å². The summed E-state index contributed by atoms with van der Waals surface area (Å²) in [6.07, 6.45) is 13.9. The quantitative estimate of drug-likeness (QED) is 0.144. The van der Waals surface area contributed by atoms with Gasteiger partial charge in [0.1, 0.15) is 0 Å². The minimum atomic E-state index is -0.637. The summed E-state index contributed by atoms with van der Waals surface area (Å²) in [7, 11) is 7.95. The van der Waals surface area contributed by atoms with Crippen molar-refractivity contribution in [1.29, 1.82) is 0 Å². The zero-order valence-electron chi connectivity index (χ0n) is 20.4. The van der Waals surface area contributed by atoms with Gasteiger partial charge < -0.3 is 9.05 Å². The monoisotopic (exact) mass is 530 g/mol. The van der Waals surface area contributed by atoms with E-state index in [1.807, 2.05) is 13.8 Å². The highest BCUT2D eigenvalue weighted by atomic mass is 32.4. The fourth-order valence-electron chi connectivity index (χ4n) is 2.95. The zero-order chi connectivity index (χ0) is 24.2. The fourth-order valence-corrected chi connectivity index (χ4v) is 5.25. The minimum absolute atomic E-state index is 0.0385. The van der Waals surface area contributed by atoms with Crippen LogP contribution in [-0.4, -0.2) is 6.10 Å². The van der Waals surface area contributed by atoms with E-state index >= 15 is 0 Å². The molecule has 7 unspecified atom stereocenters. The lowest BCUT2D eigenvalue weighted by molar-refractivity contribution is 0.221. The molecule has 32 heavy (non-hydrogen) atoms. The van der Waals surface area contributed by atoms with Gasteiger partial charge in [0.05, 0.1) is 19.7 Å². The van der Waals surface area contributed by atoms with Crippen LogP contribution in [0.3, 0.4) is 0 Å². The van der Waals surface area contributed by atoms with Crippen LogP contribution in [0.4, 0.5) is 0 Å². The molecule has 0 bridgehead atoms. The van der Waals surface area contributed by atoms with Gasteiger partial charge >= 0.3 is 0 Å². The van der Waals surface area contributed by atoms with E-state index in [0.29, 0.717) is 20.8 Å². The summed E-state index contributed by atoms with van der Waals surface area (Å²) in [6, 6.07) is 8.45. The summed E-state index contributed by atoms with van der Waals surface area (Å²) in [4.78, 5) is 0. The first-order chi connectivity index (χ1) is 15.5. The van der Waals surface area contributed by atoms with Crippen molar-refractivity contribution in [2.45, 2.75) is 78.9 Å². The Balaban J connectivity index is 0.00000466. The van der Waals surface area contributed by atoms with Crippen molar-refractivity contribution in [2.24, 2.45) is 5.92 Å². The van der Waals surface area contributed by atoms with Crippen LogP contribution in [0.5, 0.6) is 0 Å². The van der Waals surface area contributed by atoms with Gasteiger partial charge in [0.25, 0.3) is 0 Å². The molecule has 0 N–H and O–H groups in total. The third-order valence-corrected chi connectivity index (χ3v) is 6.59. The Hall–Kier alpha value is 0.330. The lowest BCUT2D eigenvalue weighted by Crippen LogP contribution is -2.15. The van der Waals surface area contributed by atoms with Gasteiger partial charge in [0.15, 0.2) is 0 Å². The van der Waals surface area contributed by atoms with Crippen LogP contribution in [0.2, 0.25) is 0 Å². The predicted octanol–water partition coefficient (Wildman–Crippen LogP) is 9.72. The highest BCUT2D eigenvalue weighted by Crippen LogP contribution is 2.57. The van der Waals surface area contributed by atoms with Crippen LogP contribution in [-0.2, 0) is 9.05 Å². The molecule has 7 heteroatoms. The molecule has 1 aromatic rings. The van der Waals surface area contributed by atoms with E-state index in [-0.39, 0.29) is 12.2 Å². The van der Waals surface area contributed by atoms with Crippen molar-refractivity contribution < 1.29 is 9.05 Å². The maximum absolute atomic E-state index is 6.21. The molecule has 0 fully saturated rings. The lowest BCUT2D eigenvalue weighted by Gasteiger charge is -2.21. The minimum Gasteiger partial charge on any atom is -0.351 e. The van der Waals surface area contributed by atoms with Crippen molar-refractivity contribution >= 4 is 48.9 Å². The molecule has 0 heterocycles. The Morgan fingerprint density at radius 1 is 1.12 bits per heavy atom. The third-order valence-electron chi connectivity index (χ3n) is 4.54. The van der Waals surface area contributed by atoms with E-state index in [2.05, 4.69) is 108 Å². The van der Waals surface area contributed by atoms with Crippen LogP contribution < -0.4 is 0 Å². The summed E-state index contributed by atoms with van der Waals surface area (Å²) >= 11 is 0. The number of hydrogen-bond donors (Lipinski definition) is 0. The average molecular weight is 530 g/mol. The van der Waals surface area contributed by atoms with E-state index in [1.54, 1.807) is 0 Å². The molecule has 0 aliphatic rings. The van der Waals surface area contributed by atoms with Crippen molar-refractivity contribution in [3.63, 3.8) is 0 Å². The second-order valence-corrected chi connectivity index (χ2v) is 14.0. The molecule has 1 aromatic carbocycles. The highest BCUT2D eigenvalue weighted by Gasteiger charge is 2.17. The van der Waals surface area contributed by atoms with E-state index in [4.69, 9.17) is 9.05 Å².